The van der Waals surface area contributed by atoms with Crippen LogP contribution < -0.4 is 4.74 Å². The van der Waals surface area contributed by atoms with Gasteiger partial charge in [-0.3, -0.25) is 0 Å². The highest BCUT2D eigenvalue weighted by Crippen LogP contribution is 2.23. The smallest absolute Gasteiger partial charge is 0.118 e. The van der Waals surface area contributed by atoms with Crippen LogP contribution >= 0.6 is 0 Å². The maximum atomic E-state index is 5.13. The summed E-state index contributed by atoms with van der Waals surface area (Å²) in [6.07, 6.45) is 2.57. The van der Waals surface area contributed by atoms with Gasteiger partial charge in [0.05, 0.1) is 7.11 Å². The van der Waals surface area contributed by atoms with Gasteiger partial charge in [0.2, 0.25) is 0 Å². The van der Waals surface area contributed by atoms with Crippen LogP contribution in [0.1, 0.15) is 18.4 Å². The number of ether oxygens (including phenoxy) is 1. The van der Waals surface area contributed by atoms with Gasteiger partial charge in [-0.15, -0.1) is 0 Å². The highest BCUT2D eigenvalue weighted by atomic mass is 16.5. The number of hydrogen-bond donors (Lipinski definition) is 0. The van der Waals surface area contributed by atoms with Crippen molar-refractivity contribution in [3.63, 3.8) is 0 Å². The van der Waals surface area contributed by atoms with Crippen LogP contribution in [0, 0.1) is 0 Å². The van der Waals surface area contributed by atoms with Gasteiger partial charge in [-0.05, 0) is 42.7 Å². The minimum atomic E-state index is 0.896. The lowest BCUT2D eigenvalue weighted by atomic mass is 10.1. The van der Waals surface area contributed by atoms with E-state index in [9.17, 15) is 0 Å². The number of methoxy groups -OCH3 is 1. The molecule has 1 aromatic carbocycles. The number of nitrogens with zero attached hydrogens (tertiary/aromatic N) is 1. The molecule has 0 aliphatic carbocycles. The molecule has 0 bridgehead atoms. The summed E-state index contributed by atoms with van der Waals surface area (Å²) in [7, 11) is 1.68. The molecule has 15 heavy (non-hydrogen) atoms. The van der Waals surface area contributed by atoms with Crippen molar-refractivity contribution in [2.75, 3.05) is 20.2 Å². The van der Waals surface area contributed by atoms with Gasteiger partial charge in [0.1, 0.15) is 5.75 Å². The highest BCUT2D eigenvalue weighted by molar-refractivity contribution is 5.62. The first-order chi connectivity index (χ1) is 7.31. The van der Waals surface area contributed by atoms with Gasteiger partial charge in [-0.25, -0.2) is 0 Å². The normalized spacial score (nSPS) is 15.4. The summed E-state index contributed by atoms with van der Waals surface area (Å²) in [4.78, 5) is 2.35. The highest BCUT2D eigenvalue weighted by Gasteiger charge is 2.14. The fourth-order valence-corrected chi connectivity index (χ4v) is 1.95. The van der Waals surface area contributed by atoms with Crippen LogP contribution in [0.3, 0.4) is 0 Å². The fourth-order valence-electron chi connectivity index (χ4n) is 1.95. The van der Waals surface area contributed by atoms with E-state index in [1.165, 1.54) is 18.4 Å². The Balaban J connectivity index is 2.11. The third kappa shape index (κ3) is 2.14. The predicted octanol–water partition coefficient (Wildman–Crippen LogP) is 2.76. The second kappa shape index (κ2) is 4.39. The van der Waals surface area contributed by atoms with Crippen LogP contribution in [0.15, 0.2) is 30.8 Å². The van der Waals surface area contributed by atoms with E-state index in [1.54, 1.807) is 7.11 Å². The zero-order chi connectivity index (χ0) is 10.7. The first kappa shape index (κ1) is 10.1. The van der Waals surface area contributed by atoms with E-state index in [1.807, 2.05) is 12.1 Å². The molecular weight excluding hydrogens is 186 g/mol. The van der Waals surface area contributed by atoms with E-state index in [2.05, 4.69) is 23.6 Å². The van der Waals surface area contributed by atoms with Gasteiger partial charge in [-0.1, -0.05) is 6.58 Å². The third-order valence-corrected chi connectivity index (χ3v) is 2.91. The largest absolute Gasteiger partial charge is 0.497 e. The quantitative estimate of drug-likeness (QED) is 0.749. The Labute approximate surface area is 91.2 Å². The second-order valence-electron chi connectivity index (χ2n) is 3.87. The van der Waals surface area contributed by atoms with Gasteiger partial charge in [-0.2, -0.15) is 0 Å². The molecule has 0 radical (unpaired) electrons. The fraction of sp³-hybridized carbons (Fsp3) is 0.385. The lowest BCUT2D eigenvalue weighted by molar-refractivity contribution is 0.414. The first-order valence-corrected chi connectivity index (χ1v) is 5.39. The number of likely N-dealkylation sites (tertiary alicyclic amines) is 1. The molecule has 0 N–H and O–H groups in total. The van der Waals surface area contributed by atoms with Crippen LogP contribution in [0.5, 0.6) is 5.75 Å². The van der Waals surface area contributed by atoms with E-state index >= 15 is 0 Å². The summed E-state index contributed by atoms with van der Waals surface area (Å²) in [5.74, 6) is 0.896. The van der Waals surface area contributed by atoms with Crippen LogP contribution in [0.4, 0.5) is 0 Å². The van der Waals surface area contributed by atoms with Crippen molar-refractivity contribution < 1.29 is 4.74 Å². The predicted molar refractivity (Wildman–Crippen MR) is 62.8 cm³/mol. The van der Waals surface area contributed by atoms with E-state index in [0.717, 1.165) is 24.5 Å². The third-order valence-electron chi connectivity index (χ3n) is 2.91. The molecule has 0 spiro atoms. The maximum absolute atomic E-state index is 5.13. The molecule has 0 aromatic heterocycles. The molecule has 1 heterocycles. The summed E-state index contributed by atoms with van der Waals surface area (Å²) in [6.45, 7) is 6.43. The molecule has 0 amide bonds. The Kier molecular flexibility index (Phi) is 2.95. The van der Waals surface area contributed by atoms with Crippen LogP contribution in [0.25, 0.3) is 5.70 Å². The standard InChI is InChI=1S/C13H17NO/c1-11(14-9-3-4-10-14)12-5-7-13(15-2)8-6-12/h5-8H,1,3-4,9-10H2,2H3. The Morgan fingerprint density at radius 3 is 2.33 bits per heavy atom. The average Bonchev–Trinajstić information content (AvgIpc) is 2.82. The van der Waals surface area contributed by atoms with Gasteiger partial charge >= 0.3 is 0 Å². The van der Waals surface area contributed by atoms with Crippen molar-refractivity contribution in [2.45, 2.75) is 12.8 Å². The molecular formula is C13H17NO. The maximum Gasteiger partial charge on any atom is 0.118 e. The van der Waals surface area contributed by atoms with Gasteiger partial charge in [0.15, 0.2) is 0 Å². The molecule has 1 aromatic rings. The van der Waals surface area contributed by atoms with Crippen LogP contribution in [0.2, 0.25) is 0 Å². The van der Waals surface area contributed by atoms with E-state index in [0.29, 0.717) is 0 Å². The molecule has 80 valence electrons. The van der Waals surface area contributed by atoms with E-state index in [4.69, 9.17) is 4.74 Å². The monoisotopic (exact) mass is 203 g/mol. The number of hydrogen-bond acceptors (Lipinski definition) is 2. The number of benzene rings is 1. The summed E-state index contributed by atoms with van der Waals surface area (Å²) < 4.78 is 5.13. The van der Waals surface area contributed by atoms with Crippen molar-refractivity contribution in [2.24, 2.45) is 0 Å². The summed E-state index contributed by atoms with van der Waals surface area (Å²) >= 11 is 0. The van der Waals surface area contributed by atoms with Crippen molar-refractivity contribution >= 4 is 5.70 Å². The minimum absolute atomic E-state index is 0.896. The topological polar surface area (TPSA) is 12.5 Å². The molecule has 1 aliphatic rings. The Morgan fingerprint density at radius 1 is 1.20 bits per heavy atom. The Bertz CT molecular complexity index is 336. The molecule has 1 saturated heterocycles. The Morgan fingerprint density at radius 2 is 1.80 bits per heavy atom. The molecule has 1 aliphatic heterocycles. The summed E-state index contributed by atoms with van der Waals surface area (Å²) in [6, 6.07) is 8.10. The molecule has 2 rings (SSSR count). The minimum Gasteiger partial charge on any atom is -0.497 e. The summed E-state index contributed by atoms with van der Waals surface area (Å²) in [5, 5.41) is 0. The van der Waals surface area contributed by atoms with Crippen molar-refractivity contribution in [1.82, 2.24) is 4.90 Å². The van der Waals surface area contributed by atoms with Crippen molar-refractivity contribution in [1.29, 1.82) is 0 Å². The van der Waals surface area contributed by atoms with E-state index < -0.39 is 0 Å². The second-order valence-corrected chi connectivity index (χ2v) is 3.87. The van der Waals surface area contributed by atoms with E-state index in [-0.39, 0.29) is 0 Å². The molecule has 0 saturated carbocycles. The van der Waals surface area contributed by atoms with Gasteiger partial charge in [0, 0.05) is 18.8 Å². The SMILES string of the molecule is C=C(c1ccc(OC)cc1)N1CCCC1. The van der Waals surface area contributed by atoms with Crippen molar-refractivity contribution in [3.05, 3.63) is 36.4 Å². The molecule has 2 nitrogen and oxygen atoms in total. The Hall–Kier alpha value is -1.44. The molecule has 0 atom stereocenters. The molecule has 2 heteroatoms. The van der Waals surface area contributed by atoms with Gasteiger partial charge < -0.3 is 9.64 Å². The molecule has 0 unspecified atom stereocenters. The zero-order valence-corrected chi connectivity index (χ0v) is 9.20. The van der Waals surface area contributed by atoms with Gasteiger partial charge in [0.25, 0.3) is 0 Å². The molecule has 1 fully saturated rings. The lowest BCUT2D eigenvalue weighted by Gasteiger charge is -2.20. The van der Waals surface area contributed by atoms with Crippen LogP contribution in [-0.4, -0.2) is 25.1 Å². The average molecular weight is 203 g/mol. The number of rotatable bonds is 3. The lowest BCUT2D eigenvalue weighted by Crippen LogP contribution is -2.16. The van der Waals surface area contributed by atoms with Crippen molar-refractivity contribution in [3.8, 4) is 5.75 Å². The first-order valence-electron chi connectivity index (χ1n) is 5.39. The summed E-state index contributed by atoms with van der Waals surface area (Å²) in [5.41, 5.74) is 2.33. The van der Waals surface area contributed by atoms with Crippen LogP contribution in [-0.2, 0) is 0 Å². The zero-order valence-electron chi connectivity index (χ0n) is 9.20.